The maximum Gasteiger partial charge on any atom is 0.169 e. The predicted molar refractivity (Wildman–Crippen MR) is 79.5 cm³/mol. The Morgan fingerprint density at radius 1 is 1.20 bits per heavy atom. The van der Waals surface area contributed by atoms with Crippen LogP contribution < -0.4 is 5.32 Å². The molecule has 1 N–H and O–H groups in total. The van der Waals surface area contributed by atoms with Crippen molar-refractivity contribution < 1.29 is 0 Å². The summed E-state index contributed by atoms with van der Waals surface area (Å²) in [6.45, 7) is 4.73. The molecule has 2 aromatic heterocycles. The highest BCUT2D eigenvalue weighted by Gasteiger charge is 2.09. The maximum absolute atomic E-state index is 4.62. The van der Waals surface area contributed by atoms with Gasteiger partial charge in [0.1, 0.15) is 6.33 Å². The van der Waals surface area contributed by atoms with Gasteiger partial charge in [0.25, 0.3) is 0 Å². The summed E-state index contributed by atoms with van der Waals surface area (Å²) in [5.74, 6) is 0.783. The van der Waals surface area contributed by atoms with E-state index in [4.69, 9.17) is 0 Å². The van der Waals surface area contributed by atoms with Crippen molar-refractivity contribution in [2.45, 2.75) is 20.4 Å². The van der Waals surface area contributed by atoms with E-state index < -0.39 is 0 Å². The highest BCUT2D eigenvalue weighted by atomic mass is 15.3. The van der Waals surface area contributed by atoms with Crippen LogP contribution in [0.15, 0.2) is 30.6 Å². The van der Waals surface area contributed by atoms with Crippen LogP contribution in [0.4, 0.5) is 5.69 Å². The summed E-state index contributed by atoms with van der Waals surface area (Å²) in [7, 11) is 1.87. The first-order valence-corrected chi connectivity index (χ1v) is 6.59. The summed E-state index contributed by atoms with van der Waals surface area (Å²) >= 11 is 0. The summed E-state index contributed by atoms with van der Waals surface area (Å²) in [5.41, 5.74) is 4.33. The van der Waals surface area contributed by atoms with Crippen LogP contribution in [0.1, 0.15) is 17.1 Å². The largest absolute Gasteiger partial charge is 0.377 e. The fourth-order valence-corrected chi connectivity index (χ4v) is 2.29. The topological polar surface area (TPSA) is 55.6 Å². The van der Waals surface area contributed by atoms with Gasteiger partial charge in [-0.3, -0.25) is 9.67 Å². The number of fused-ring (bicyclic) bond motifs is 1. The molecule has 0 amide bonds. The summed E-state index contributed by atoms with van der Waals surface area (Å²) in [6.07, 6.45) is 1.71. The van der Waals surface area contributed by atoms with Crippen LogP contribution in [0.25, 0.3) is 10.9 Å². The number of benzene rings is 1. The maximum atomic E-state index is 4.62. The zero-order valence-electron chi connectivity index (χ0n) is 11.9. The average molecular weight is 267 g/mol. The van der Waals surface area contributed by atoms with Crippen LogP contribution in [0, 0.1) is 13.8 Å². The van der Waals surface area contributed by atoms with Crippen molar-refractivity contribution in [1.29, 1.82) is 0 Å². The molecule has 0 atom stereocenters. The molecule has 2 heterocycles. The van der Waals surface area contributed by atoms with Crippen LogP contribution in [-0.4, -0.2) is 19.7 Å². The Kier molecular flexibility index (Phi) is 3.10. The van der Waals surface area contributed by atoms with Gasteiger partial charge in [-0.05, 0) is 25.5 Å². The van der Waals surface area contributed by atoms with Crippen molar-refractivity contribution in [3.8, 4) is 0 Å². The Morgan fingerprint density at radius 2 is 2.00 bits per heavy atom. The predicted octanol–water partition coefficient (Wildman–Crippen LogP) is 2.59. The molecule has 0 radical (unpaired) electrons. The molecule has 5 heteroatoms. The molecule has 0 bridgehead atoms. The smallest absolute Gasteiger partial charge is 0.169 e. The van der Waals surface area contributed by atoms with Gasteiger partial charge in [-0.2, -0.15) is 5.10 Å². The van der Waals surface area contributed by atoms with Crippen molar-refractivity contribution in [3.63, 3.8) is 0 Å². The third-order valence-electron chi connectivity index (χ3n) is 3.45. The monoisotopic (exact) mass is 267 g/mol. The highest BCUT2D eigenvalue weighted by Crippen LogP contribution is 2.27. The van der Waals surface area contributed by atoms with E-state index in [1.165, 1.54) is 5.56 Å². The minimum Gasteiger partial charge on any atom is -0.377 e. The van der Waals surface area contributed by atoms with Crippen molar-refractivity contribution in [2.24, 2.45) is 7.05 Å². The Balaban J connectivity index is 1.99. The molecule has 20 heavy (non-hydrogen) atoms. The molecule has 0 saturated heterocycles. The quantitative estimate of drug-likeness (QED) is 0.792. The third kappa shape index (κ3) is 2.22. The molecule has 0 spiro atoms. The normalized spacial score (nSPS) is 10.9. The summed E-state index contributed by atoms with van der Waals surface area (Å²) in [5, 5.41) is 8.86. The van der Waals surface area contributed by atoms with E-state index in [2.05, 4.69) is 33.4 Å². The number of hydrogen-bond donors (Lipinski definition) is 1. The first-order chi connectivity index (χ1) is 9.65. The van der Waals surface area contributed by atoms with Gasteiger partial charge >= 0.3 is 0 Å². The number of hydrogen-bond acceptors (Lipinski definition) is 4. The van der Waals surface area contributed by atoms with E-state index in [0.717, 1.165) is 28.1 Å². The van der Waals surface area contributed by atoms with Crippen LogP contribution >= 0.6 is 0 Å². The van der Waals surface area contributed by atoms with E-state index in [1.807, 2.05) is 32.2 Å². The lowest BCUT2D eigenvalue weighted by Crippen LogP contribution is -2.06. The van der Waals surface area contributed by atoms with Gasteiger partial charge in [-0.15, -0.1) is 0 Å². The second kappa shape index (κ2) is 4.92. The van der Waals surface area contributed by atoms with Gasteiger partial charge in [-0.1, -0.05) is 18.2 Å². The van der Waals surface area contributed by atoms with Gasteiger partial charge in [0.2, 0.25) is 0 Å². The van der Waals surface area contributed by atoms with Crippen molar-refractivity contribution in [3.05, 3.63) is 47.7 Å². The number of aromatic nitrogens is 4. The summed E-state index contributed by atoms with van der Waals surface area (Å²) in [6, 6.07) is 8.16. The average Bonchev–Trinajstić information content (AvgIpc) is 2.85. The Labute approximate surface area is 117 Å². The van der Waals surface area contributed by atoms with Crippen LogP contribution in [0.2, 0.25) is 0 Å². The molecule has 0 aliphatic rings. The number of aryl methyl sites for hydroxylation is 2. The molecule has 3 aromatic rings. The lowest BCUT2D eigenvalue weighted by Gasteiger charge is -2.13. The SMILES string of the molecule is Cc1nc2ccccc2c(NCc2ncn(C)n2)c1C. The molecular weight excluding hydrogens is 250 g/mol. The molecule has 1 aromatic carbocycles. The van der Waals surface area contributed by atoms with Crippen LogP contribution in [0.5, 0.6) is 0 Å². The van der Waals surface area contributed by atoms with Gasteiger partial charge in [0.15, 0.2) is 5.82 Å². The Morgan fingerprint density at radius 3 is 2.75 bits per heavy atom. The molecule has 0 saturated carbocycles. The first kappa shape index (κ1) is 12.6. The fraction of sp³-hybridized carbons (Fsp3) is 0.267. The second-order valence-electron chi connectivity index (χ2n) is 4.90. The molecular formula is C15H17N5. The van der Waals surface area contributed by atoms with E-state index in [-0.39, 0.29) is 0 Å². The van der Waals surface area contributed by atoms with E-state index in [0.29, 0.717) is 6.54 Å². The molecule has 5 nitrogen and oxygen atoms in total. The van der Waals surface area contributed by atoms with E-state index in [9.17, 15) is 0 Å². The zero-order valence-corrected chi connectivity index (χ0v) is 11.9. The minimum absolute atomic E-state index is 0.606. The number of nitrogens with zero attached hydrogens (tertiary/aromatic N) is 4. The molecule has 0 aliphatic heterocycles. The van der Waals surface area contributed by atoms with Crippen LogP contribution in [0.3, 0.4) is 0 Å². The van der Waals surface area contributed by atoms with Crippen molar-refractivity contribution >= 4 is 16.6 Å². The standard InChI is InChI=1S/C15H17N5/c1-10-11(2)18-13-7-5-4-6-12(13)15(10)16-8-14-17-9-20(3)19-14/h4-7,9H,8H2,1-3H3,(H,16,18). The number of pyridine rings is 1. The number of rotatable bonds is 3. The van der Waals surface area contributed by atoms with Gasteiger partial charge < -0.3 is 5.32 Å². The third-order valence-corrected chi connectivity index (χ3v) is 3.45. The van der Waals surface area contributed by atoms with E-state index >= 15 is 0 Å². The van der Waals surface area contributed by atoms with Crippen molar-refractivity contribution in [2.75, 3.05) is 5.32 Å². The second-order valence-corrected chi connectivity index (χ2v) is 4.90. The van der Waals surface area contributed by atoms with Gasteiger partial charge in [0.05, 0.1) is 12.1 Å². The summed E-state index contributed by atoms with van der Waals surface area (Å²) < 4.78 is 1.71. The number of para-hydroxylation sites is 1. The zero-order chi connectivity index (χ0) is 14.1. The Bertz CT molecular complexity index is 760. The number of anilines is 1. The molecule has 0 fully saturated rings. The lowest BCUT2D eigenvalue weighted by atomic mass is 10.1. The highest BCUT2D eigenvalue weighted by molar-refractivity contribution is 5.93. The summed E-state index contributed by atoms with van der Waals surface area (Å²) in [4.78, 5) is 8.86. The van der Waals surface area contributed by atoms with Crippen LogP contribution in [-0.2, 0) is 13.6 Å². The fourth-order valence-electron chi connectivity index (χ4n) is 2.29. The molecule has 0 aliphatic carbocycles. The lowest BCUT2D eigenvalue weighted by molar-refractivity contribution is 0.747. The molecule has 0 unspecified atom stereocenters. The Hall–Kier alpha value is -2.43. The molecule has 102 valence electrons. The van der Waals surface area contributed by atoms with Crippen molar-refractivity contribution in [1.82, 2.24) is 19.7 Å². The van der Waals surface area contributed by atoms with Gasteiger partial charge in [-0.25, -0.2) is 4.98 Å². The van der Waals surface area contributed by atoms with Gasteiger partial charge in [0, 0.05) is 23.8 Å². The minimum atomic E-state index is 0.606. The first-order valence-electron chi connectivity index (χ1n) is 6.59. The number of nitrogens with one attached hydrogen (secondary N) is 1. The molecule has 3 rings (SSSR count). The van der Waals surface area contributed by atoms with E-state index in [1.54, 1.807) is 11.0 Å².